The van der Waals surface area contributed by atoms with Gasteiger partial charge in [-0.05, 0) is 31.2 Å². The van der Waals surface area contributed by atoms with Gasteiger partial charge in [0.2, 0.25) is 0 Å². The van der Waals surface area contributed by atoms with Crippen LogP contribution in [0.1, 0.15) is 27.6 Å². The molecule has 0 saturated heterocycles. The van der Waals surface area contributed by atoms with E-state index < -0.39 is 24.3 Å². The molecule has 0 aromatic heterocycles. The first kappa shape index (κ1) is 18.9. The third kappa shape index (κ3) is 4.78. The van der Waals surface area contributed by atoms with Crippen molar-refractivity contribution in [2.24, 2.45) is 0 Å². The SMILES string of the molecule is CC(=O)c1ccccc1NC(=O)COC(=O)c1cc(F)c(Cl)cc1Cl. The molecule has 0 radical (unpaired) electrons. The molecule has 1 N–H and O–H groups in total. The summed E-state index contributed by atoms with van der Waals surface area (Å²) in [6, 6.07) is 8.30. The van der Waals surface area contributed by atoms with E-state index in [1.165, 1.54) is 6.92 Å². The fourth-order valence-corrected chi connectivity index (χ4v) is 2.43. The molecule has 2 rings (SSSR count). The average Bonchev–Trinajstić information content (AvgIpc) is 2.56. The lowest BCUT2D eigenvalue weighted by molar-refractivity contribution is -0.119. The fraction of sp³-hybridized carbons (Fsp3) is 0.118. The highest BCUT2D eigenvalue weighted by Crippen LogP contribution is 2.25. The first-order chi connectivity index (χ1) is 11.8. The highest BCUT2D eigenvalue weighted by atomic mass is 35.5. The maximum atomic E-state index is 13.4. The number of para-hydroxylation sites is 1. The Hall–Kier alpha value is -2.44. The van der Waals surface area contributed by atoms with Gasteiger partial charge in [-0.2, -0.15) is 0 Å². The summed E-state index contributed by atoms with van der Waals surface area (Å²) in [5.41, 5.74) is 0.372. The normalized spacial score (nSPS) is 10.2. The number of halogens is 3. The van der Waals surface area contributed by atoms with E-state index in [0.29, 0.717) is 11.3 Å². The summed E-state index contributed by atoms with van der Waals surface area (Å²) in [6.07, 6.45) is 0. The van der Waals surface area contributed by atoms with E-state index in [9.17, 15) is 18.8 Å². The van der Waals surface area contributed by atoms with E-state index in [1.807, 2.05) is 0 Å². The molecule has 2 aromatic carbocycles. The van der Waals surface area contributed by atoms with Crippen molar-refractivity contribution < 1.29 is 23.5 Å². The monoisotopic (exact) mass is 383 g/mol. The van der Waals surface area contributed by atoms with Crippen molar-refractivity contribution in [2.75, 3.05) is 11.9 Å². The van der Waals surface area contributed by atoms with E-state index in [1.54, 1.807) is 24.3 Å². The molecule has 25 heavy (non-hydrogen) atoms. The van der Waals surface area contributed by atoms with Crippen LogP contribution in [0.3, 0.4) is 0 Å². The summed E-state index contributed by atoms with van der Waals surface area (Å²) >= 11 is 11.4. The lowest BCUT2D eigenvalue weighted by Crippen LogP contribution is -2.22. The van der Waals surface area contributed by atoms with Crippen molar-refractivity contribution in [3.05, 3.63) is 63.4 Å². The molecule has 0 aliphatic carbocycles. The summed E-state index contributed by atoms with van der Waals surface area (Å²) in [5, 5.41) is 2.13. The number of Topliss-reactive ketones (excluding diaryl/α,β-unsaturated/α-hetero) is 1. The number of hydrogen-bond donors (Lipinski definition) is 1. The molecule has 5 nitrogen and oxygen atoms in total. The van der Waals surface area contributed by atoms with Gasteiger partial charge in [-0.3, -0.25) is 9.59 Å². The first-order valence-electron chi connectivity index (χ1n) is 7.01. The predicted molar refractivity (Wildman–Crippen MR) is 91.8 cm³/mol. The van der Waals surface area contributed by atoms with E-state index in [2.05, 4.69) is 5.32 Å². The molecule has 0 aliphatic heterocycles. The molecular formula is C17H12Cl2FNO4. The molecule has 130 valence electrons. The number of rotatable bonds is 5. The number of hydrogen-bond acceptors (Lipinski definition) is 4. The lowest BCUT2D eigenvalue weighted by Gasteiger charge is -2.10. The zero-order chi connectivity index (χ0) is 18.6. The van der Waals surface area contributed by atoms with Crippen LogP contribution in [0.4, 0.5) is 10.1 Å². The van der Waals surface area contributed by atoms with Crippen LogP contribution in [0.15, 0.2) is 36.4 Å². The van der Waals surface area contributed by atoms with Crippen LogP contribution in [0, 0.1) is 5.82 Å². The number of esters is 1. The highest BCUT2D eigenvalue weighted by molar-refractivity contribution is 6.36. The van der Waals surface area contributed by atoms with Gasteiger partial charge in [-0.1, -0.05) is 35.3 Å². The van der Waals surface area contributed by atoms with Gasteiger partial charge < -0.3 is 10.1 Å². The molecule has 0 unspecified atom stereocenters. The number of ether oxygens (including phenoxy) is 1. The maximum absolute atomic E-state index is 13.4. The Morgan fingerprint density at radius 1 is 1.08 bits per heavy atom. The van der Waals surface area contributed by atoms with Gasteiger partial charge in [-0.25, -0.2) is 9.18 Å². The number of carbonyl (C=O) groups excluding carboxylic acids is 3. The van der Waals surface area contributed by atoms with Crippen LogP contribution >= 0.6 is 23.2 Å². The lowest BCUT2D eigenvalue weighted by atomic mass is 10.1. The largest absolute Gasteiger partial charge is 0.452 e. The Labute approximate surface area is 152 Å². The summed E-state index contributed by atoms with van der Waals surface area (Å²) in [7, 11) is 0. The average molecular weight is 384 g/mol. The van der Waals surface area contributed by atoms with Crippen LogP contribution in [0.25, 0.3) is 0 Å². The fourth-order valence-electron chi connectivity index (χ4n) is 1.97. The van der Waals surface area contributed by atoms with E-state index in [4.69, 9.17) is 27.9 Å². The second-order valence-electron chi connectivity index (χ2n) is 4.97. The molecule has 0 saturated carbocycles. The smallest absolute Gasteiger partial charge is 0.340 e. The Morgan fingerprint density at radius 2 is 1.76 bits per heavy atom. The van der Waals surface area contributed by atoms with Crippen molar-refractivity contribution in [2.45, 2.75) is 6.92 Å². The number of ketones is 1. The molecule has 2 aromatic rings. The topological polar surface area (TPSA) is 72.5 Å². The van der Waals surface area contributed by atoms with E-state index in [0.717, 1.165) is 12.1 Å². The minimum absolute atomic E-state index is 0.0984. The van der Waals surface area contributed by atoms with E-state index >= 15 is 0 Å². The Balaban J connectivity index is 2.02. The molecule has 0 heterocycles. The molecule has 0 atom stereocenters. The minimum atomic E-state index is -0.976. The van der Waals surface area contributed by atoms with Crippen LogP contribution in [-0.2, 0) is 9.53 Å². The zero-order valence-corrected chi connectivity index (χ0v) is 14.4. The second-order valence-corrected chi connectivity index (χ2v) is 5.79. The van der Waals surface area contributed by atoms with Crippen LogP contribution in [0.5, 0.6) is 0 Å². The molecule has 0 spiro atoms. The molecule has 0 aliphatic rings. The number of nitrogens with one attached hydrogen (secondary N) is 1. The summed E-state index contributed by atoms with van der Waals surface area (Å²) in [5.74, 6) is -2.70. The van der Waals surface area contributed by atoms with Crippen molar-refractivity contribution in [3.8, 4) is 0 Å². The number of amides is 1. The third-order valence-corrected chi connectivity index (χ3v) is 3.75. The molecule has 0 fully saturated rings. The van der Waals surface area contributed by atoms with Crippen LogP contribution < -0.4 is 5.32 Å². The first-order valence-corrected chi connectivity index (χ1v) is 7.76. The van der Waals surface area contributed by atoms with Crippen molar-refractivity contribution >= 4 is 46.5 Å². The van der Waals surface area contributed by atoms with Gasteiger partial charge in [-0.15, -0.1) is 0 Å². The van der Waals surface area contributed by atoms with Gasteiger partial charge in [0.25, 0.3) is 5.91 Å². The molecular weight excluding hydrogens is 372 g/mol. The minimum Gasteiger partial charge on any atom is -0.452 e. The van der Waals surface area contributed by atoms with Gasteiger partial charge in [0.15, 0.2) is 12.4 Å². The van der Waals surface area contributed by atoms with Gasteiger partial charge in [0, 0.05) is 5.56 Å². The number of benzene rings is 2. The van der Waals surface area contributed by atoms with Crippen molar-refractivity contribution in [1.82, 2.24) is 0 Å². The number of carbonyl (C=O) groups is 3. The van der Waals surface area contributed by atoms with Crippen LogP contribution in [0.2, 0.25) is 10.0 Å². The Bertz CT molecular complexity index is 855. The second kappa shape index (κ2) is 8.09. The standard InChI is InChI=1S/C17H12Cl2FNO4/c1-9(22)10-4-2-3-5-15(10)21-16(23)8-25-17(24)11-6-14(20)13(19)7-12(11)18/h2-7H,8H2,1H3,(H,21,23). The predicted octanol–water partition coefficient (Wildman–Crippen LogP) is 4.13. The summed E-state index contributed by atoms with van der Waals surface area (Å²) in [6.45, 7) is 0.730. The van der Waals surface area contributed by atoms with Gasteiger partial charge in [0.1, 0.15) is 5.82 Å². The third-order valence-electron chi connectivity index (χ3n) is 3.14. The Morgan fingerprint density at radius 3 is 2.44 bits per heavy atom. The highest BCUT2D eigenvalue weighted by Gasteiger charge is 2.17. The molecule has 0 bridgehead atoms. The maximum Gasteiger partial charge on any atom is 0.340 e. The summed E-state index contributed by atoms with van der Waals surface area (Å²) < 4.78 is 18.2. The number of anilines is 1. The van der Waals surface area contributed by atoms with Crippen LogP contribution in [-0.4, -0.2) is 24.3 Å². The summed E-state index contributed by atoms with van der Waals surface area (Å²) in [4.78, 5) is 35.3. The van der Waals surface area contributed by atoms with Gasteiger partial charge in [0.05, 0.1) is 21.3 Å². The van der Waals surface area contributed by atoms with Crippen molar-refractivity contribution in [3.63, 3.8) is 0 Å². The zero-order valence-electron chi connectivity index (χ0n) is 12.9. The van der Waals surface area contributed by atoms with Gasteiger partial charge >= 0.3 is 5.97 Å². The quantitative estimate of drug-likeness (QED) is 0.478. The Kier molecular flexibility index (Phi) is 6.12. The van der Waals surface area contributed by atoms with Crippen molar-refractivity contribution in [1.29, 1.82) is 0 Å². The molecule has 8 heteroatoms. The molecule has 1 amide bonds. The van der Waals surface area contributed by atoms with E-state index in [-0.39, 0.29) is 21.4 Å².